The molecule has 0 fully saturated rings. The quantitative estimate of drug-likeness (QED) is 0.764. The van der Waals surface area contributed by atoms with Gasteiger partial charge in [-0.25, -0.2) is 4.79 Å². The Balaban J connectivity index is 2.11. The lowest BCUT2D eigenvalue weighted by Gasteiger charge is -2.27. The maximum Gasteiger partial charge on any atom is 0.375 e. The van der Waals surface area contributed by atoms with Crippen LogP contribution in [0.25, 0.3) is 11.0 Å². The van der Waals surface area contributed by atoms with E-state index in [9.17, 15) is 14.9 Å². The van der Waals surface area contributed by atoms with Crippen molar-refractivity contribution in [1.29, 1.82) is 5.26 Å². The molecule has 0 bridgehead atoms. The number of para-hydroxylation sites is 1. The Morgan fingerprint density at radius 2 is 2.04 bits per heavy atom. The van der Waals surface area contributed by atoms with Crippen molar-refractivity contribution in [3.05, 3.63) is 35.6 Å². The molecular weight excluding hydrogens is 336 g/mol. The first kappa shape index (κ1) is 19.5. The standard InChI is InChI=1S/C19H22N2O5/c1-12(2)19(3,11-20)21-16(22)10-25-18(23)17-14(9-24-4)13-7-5-6-8-15(13)26-17/h5-8,12H,9-10H2,1-4H3,(H,21,22)/t19-/m0/s1. The number of methoxy groups -OCH3 is 1. The third-order valence-corrected chi connectivity index (χ3v) is 4.29. The highest BCUT2D eigenvalue weighted by Gasteiger charge is 2.30. The Morgan fingerprint density at radius 3 is 2.65 bits per heavy atom. The van der Waals surface area contributed by atoms with Crippen LogP contribution in [0, 0.1) is 17.2 Å². The molecule has 2 rings (SSSR count). The maximum absolute atomic E-state index is 12.4. The number of fused-ring (bicyclic) bond motifs is 1. The summed E-state index contributed by atoms with van der Waals surface area (Å²) in [6.07, 6.45) is 0. The van der Waals surface area contributed by atoms with Gasteiger partial charge in [0.2, 0.25) is 5.76 Å². The number of rotatable bonds is 7. The molecule has 1 N–H and O–H groups in total. The number of nitrogens with one attached hydrogen (secondary N) is 1. The fraction of sp³-hybridized carbons (Fsp3) is 0.421. The van der Waals surface area contributed by atoms with E-state index in [4.69, 9.17) is 13.9 Å². The van der Waals surface area contributed by atoms with Gasteiger partial charge >= 0.3 is 5.97 Å². The Bertz CT molecular complexity index is 849. The van der Waals surface area contributed by atoms with Crippen molar-refractivity contribution < 1.29 is 23.5 Å². The van der Waals surface area contributed by atoms with Gasteiger partial charge in [0.1, 0.15) is 11.1 Å². The van der Waals surface area contributed by atoms with Crippen molar-refractivity contribution in [3.8, 4) is 6.07 Å². The molecule has 1 aromatic carbocycles. The number of furan rings is 1. The zero-order valence-corrected chi connectivity index (χ0v) is 15.3. The maximum atomic E-state index is 12.4. The molecule has 0 saturated carbocycles. The van der Waals surface area contributed by atoms with Crippen molar-refractivity contribution in [2.75, 3.05) is 13.7 Å². The lowest BCUT2D eigenvalue weighted by molar-refractivity contribution is -0.125. The lowest BCUT2D eigenvalue weighted by Crippen LogP contribution is -2.50. The van der Waals surface area contributed by atoms with Crippen molar-refractivity contribution >= 4 is 22.8 Å². The summed E-state index contributed by atoms with van der Waals surface area (Å²) in [7, 11) is 1.51. The van der Waals surface area contributed by atoms with Crippen LogP contribution >= 0.6 is 0 Å². The van der Waals surface area contributed by atoms with Crippen LogP contribution in [0.4, 0.5) is 0 Å². The number of ether oxygens (including phenoxy) is 2. The minimum absolute atomic E-state index is 0.00718. The summed E-state index contributed by atoms with van der Waals surface area (Å²) in [5, 5.41) is 12.6. The SMILES string of the molecule is COCc1c(C(=O)OCC(=O)N[C@@](C)(C#N)C(C)C)oc2ccccc12. The second-order valence-corrected chi connectivity index (χ2v) is 6.43. The molecule has 2 aromatic rings. The minimum atomic E-state index is -1.04. The first-order chi connectivity index (χ1) is 12.3. The van der Waals surface area contributed by atoms with Crippen LogP contribution in [0.2, 0.25) is 0 Å². The zero-order chi connectivity index (χ0) is 19.3. The molecule has 0 unspecified atom stereocenters. The van der Waals surface area contributed by atoms with Gasteiger partial charge in [-0.15, -0.1) is 0 Å². The van der Waals surface area contributed by atoms with Gasteiger partial charge in [0, 0.05) is 18.1 Å². The van der Waals surface area contributed by atoms with E-state index in [1.165, 1.54) is 7.11 Å². The first-order valence-corrected chi connectivity index (χ1v) is 8.21. The molecule has 0 aliphatic rings. The predicted molar refractivity (Wildman–Crippen MR) is 94.2 cm³/mol. The lowest BCUT2D eigenvalue weighted by atomic mass is 9.90. The number of hydrogen-bond acceptors (Lipinski definition) is 6. The average Bonchev–Trinajstić information content (AvgIpc) is 2.98. The molecule has 0 aliphatic carbocycles. The fourth-order valence-corrected chi connectivity index (χ4v) is 2.38. The zero-order valence-electron chi connectivity index (χ0n) is 15.3. The van der Waals surface area contributed by atoms with Crippen LogP contribution in [-0.4, -0.2) is 31.1 Å². The van der Waals surface area contributed by atoms with Gasteiger partial charge in [-0.2, -0.15) is 5.26 Å². The van der Waals surface area contributed by atoms with E-state index in [-0.39, 0.29) is 18.3 Å². The number of carbonyl (C=O) groups excluding carboxylic acids is 2. The number of hydrogen-bond donors (Lipinski definition) is 1. The van der Waals surface area contributed by atoms with Gasteiger partial charge in [0.05, 0.1) is 12.7 Å². The number of esters is 1. The van der Waals surface area contributed by atoms with E-state index in [0.29, 0.717) is 11.1 Å². The van der Waals surface area contributed by atoms with Gasteiger partial charge in [0.25, 0.3) is 5.91 Å². The van der Waals surface area contributed by atoms with E-state index >= 15 is 0 Å². The van der Waals surface area contributed by atoms with Gasteiger partial charge in [-0.1, -0.05) is 32.0 Å². The topological polar surface area (TPSA) is 102 Å². The first-order valence-electron chi connectivity index (χ1n) is 8.21. The molecule has 26 heavy (non-hydrogen) atoms. The summed E-state index contributed by atoms with van der Waals surface area (Å²) >= 11 is 0. The van der Waals surface area contributed by atoms with Gasteiger partial charge in [-0.05, 0) is 18.9 Å². The molecule has 1 amide bonds. The number of benzene rings is 1. The number of amides is 1. The monoisotopic (exact) mass is 358 g/mol. The Hall–Kier alpha value is -2.85. The minimum Gasteiger partial charge on any atom is -0.450 e. The van der Waals surface area contributed by atoms with E-state index in [2.05, 4.69) is 11.4 Å². The second kappa shape index (κ2) is 8.02. The normalized spacial score (nSPS) is 13.2. The Kier molecular flexibility index (Phi) is 6.01. The predicted octanol–water partition coefficient (Wildman–Crippen LogP) is 2.79. The van der Waals surface area contributed by atoms with Crippen LogP contribution in [0.15, 0.2) is 28.7 Å². The molecule has 0 spiro atoms. The van der Waals surface area contributed by atoms with Crippen molar-refractivity contribution in [2.24, 2.45) is 5.92 Å². The van der Waals surface area contributed by atoms with Gasteiger partial charge in [0.15, 0.2) is 6.61 Å². The third kappa shape index (κ3) is 4.03. The summed E-state index contributed by atoms with van der Waals surface area (Å²) in [6.45, 7) is 4.93. The van der Waals surface area contributed by atoms with Crippen LogP contribution in [-0.2, 0) is 20.9 Å². The summed E-state index contributed by atoms with van der Waals surface area (Å²) < 4.78 is 15.8. The smallest absolute Gasteiger partial charge is 0.375 e. The van der Waals surface area contributed by atoms with E-state index in [1.54, 1.807) is 19.1 Å². The molecule has 1 aromatic heterocycles. The summed E-state index contributed by atoms with van der Waals surface area (Å²) in [6, 6.07) is 9.24. The van der Waals surface area contributed by atoms with Crippen LogP contribution < -0.4 is 5.32 Å². The van der Waals surface area contributed by atoms with Crippen LogP contribution in [0.3, 0.4) is 0 Å². The van der Waals surface area contributed by atoms with E-state index in [1.807, 2.05) is 26.0 Å². The number of nitriles is 1. The van der Waals surface area contributed by atoms with Crippen molar-refractivity contribution in [3.63, 3.8) is 0 Å². The third-order valence-electron chi connectivity index (χ3n) is 4.29. The molecule has 0 aliphatic heterocycles. The highest BCUT2D eigenvalue weighted by molar-refractivity contribution is 5.96. The highest BCUT2D eigenvalue weighted by Crippen LogP contribution is 2.27. The van der Waals surface area contributed by atoms with Gasteiger partial charge in [-0.3, -0.25) is 4.79 Å². The molecule has 7 heteroatoms. The van der Waals surface area contributed by atoms with Gasteiger partial charge < -0.3 is 19.2 Å². The van der Waals surface area contributed by atoms with Crippen LogP contribution in [0.5, 0.6) is 0 Å². The van der Waals surface area contributed by atoms with Crippen molar-refractivity contribution in [1.82, 2.24) is 5.32 Å². The van der Waals surface area contributed by atoms with Crippen molar-refractivity contribution in [2.45, 2.75) is 32.9 Å². The molecule has 7 nitrogen and oxygen atoms in total. The summed E-state index contributed by atoms with van der Waals surface area (Å²) in [5.74, 6) is -1.41. The number of nitrogens with zero attached hydrogens (tertiary/aromatic N) is 1. The molecule has 0 radical (unpaired) electrons. The highest BCUT2D eigenvalue weighted by atomic mass is 16.5. The Labute approximate surface area is 151 Å². The largest absolute Gasteiger partial charge is 0.450 e. The molecule has 138 valence electrons. The molecule has 1 heterocycles. The fourth-order valence-electron chi connectivity index (χ4n) is 2.38. The molecular formula is C19H22N2O5. The molecule has 1 atom stereocenters. The average molecular weight is 358 g/mol. The number of carbonyl (C=O) groups is 2. The molecule has 0 saturated heterocycles. The Morgan fingerprint density at radius 1 is 1.35 bits per heavy atom. The van der Waals surface area contributed by atoms with Crippen LogP contribution in [0.1, 0.15) is 36.9 Å². The second-order valence-electron chi connectivity index (χ2n) is 6.43. The summed E-state index contributed by atoms with van der Waals surface area (Å²) in [4.78, 5) is 24.4. The van der Waals surface area contributed by atoms with E-state index < -0.39 is 24.0 Å². The van der Waals surface area contributed by atoms with E-state index in [0.717, 1.165) is 5.39 Å². The summed E-state index contributed by atoms with van der Waals surface area (Å²) in [5.41, 5.74) is 0.0646.